The van der Waals surface area contributed by atoms with E-state index in [1.807, 2.05) is 0 Å². The minimum absolute atomic E-state index is 0.340. The minimum Gasteiger partial charge on any atom is -0.206 e. The number of anilines is 3. The lowest BCUT2D eigenvalue weighted by Crippen LogP contribution is -2.41. The van der Waals surface area contributed by atoms with E-state index in [0.29, 0.717) is 37.5 Å². The summed E-state index contributed by atoms with van der Waals surface area (Å²) in [6, 6.07) is 0. The number of hydrogen-bond donors (Lipinski definition) is 0. The number of nitrogens with zero attached hydrogens (tertiary/aromatic N) is 6. The first kappa shape index (κ1) is 29.1. The number of sulfonamides is 6. The quantitative estimate of drug-likeness (QED) is 0.264. The molecule has 192 valence electrons. The molecule has 33 heavy (non-hydrogen) atoms. The van der Waals surface area contributed by atoms with Gasteiger partial charge in [-0.1, -0.05) is 0 Å². The molecule has 1 aromatic rings. The fourth-order valence-electron chi connectivity index (χ4n) is 2.22. The first-order valence-corrected chi connectivity index (χ1v) is 18.6. The van der Waals surface area contributed by atoms with E-state index < -0.39 is 89.1 Å². The highest BCUT2D eigenvalue weighted by Crippen LogP contribution is 2.27. The average molecular weight is 595 g/mol. The van der Waals surface area contributed by atoms with Crippen molar-refractivity contribution in [3.8, 4) is 0 Å². The molecular formula is C9H18N6O12S6. The largest absolute Gasteiger partial charge is 0.260 e. The molecule has 1 heterocycles. The van der Waals surface area contributed by atoms with Crippen molar-refractivity contribution >= 4 is 78.0 Å². The van der Waals surface area contributed by atoms with Crippen LogP contribution >= 0.6 is 0 Å². The minimum atomic E-state index is -4.84. The van der Waals surface area contributed by atoms with Crippen molar-refractivity contribution in [2.24, 2.45) is 0 Å². The molecule has 18 nitrogen and oxygen atoms in total. The normalized spacial score (nSPS) is 14.0. The van der Waals surface area contributed by atoms with Gasteiger partial charge >= 0.3 is 0 Å². The van der Waals surface area contributed by atoms with Gasteiger partial charge in [0.1, 0.15) is 0 Å². The van der Waals surface area contributed by atoms with E-state index in [4.69, 9.17) is 0 Å². The molecule has 0 N–H and O–H groups in total. The molecule has 0 amide bonds. The van der Waals surface area contributed by atoms with Crippen molar-refractivity contribution in [3.63, 3.8) is 0 Å². The van der Waals surface area contributed by atoms with Gasteiger partial charge < -0.3 is 0 Å². The molecule has 0 saturated carbocycles. The standard InChI is InChI=1S/C9H18N6O12S6/c1-28(16,17)13(29(2,18)19)7-10-8(14(30(3,20)21)31(4,22)23)12-9(11-7)15(32(5,24)25)33(6,26)27/h1-6H3. The molecule has 0 fully saturated rings. The Bertz CT molecular complexity index is 1310. The van der Waals surface area contributed by atoms with Gasteiger partial charge in [-0.15, -0.1) is 11.1 Å². The molecule has 0 aliphatic carbocycles. The summed E-state index contributed by atoms with van der Waals surface area (Å²) in [6.45, 7) is 0. The highest BCUT2D eigenvalue weighted by Gasteiger charge is 2.39. The first-order chi connectivity index (χ1) is 14.2. The maximum absolute atomic E-state index is 12.1. The maximum atomic E-state index is 12.1. The Kier molecular flexibility index (Phi) is 7.42. The Balaban J connectivity index is 4.43. The molecule has 24 heteroatoms. The molecule has 0 bridgehead atoms. The van der Waals surface area contributed by atoms with Crippen molar-refractivity contribution in [2.45, 2.75) is 0 Å². The van der Waals surface area contributed by atoms with Crippen LogP contribution < -0.4 is 11.1 Å². The van der Waals surface area contributed by atoms with Crippen LogP contribution in [0.15, 0.2) is 0 Å². The van der Waals surface area contributed by atoms with Crippen LogP contribution in [0.1, 0.15) is 0 Å². The van der Waals surface area contributed by atoms with E-state index in [1.54, 1.807) is 0 Å². The van der Waals surface area contributed by atoms with Crippen LogP contribution in [0, 0.1) is 0 Å². The van der Waals surface area contributed by atoms with E-state index in [-0.39, 0.29) is 0 Å². The second-order valence-corrected chi connectivity index (χ2v) is 18.1. The number of rotatable bonds is 9. The smallest absolute Gasteiger partial charge is 0.206 e. The molecule has 0 radical (unpaired) electrons. The molecule has 0 aromatic carbocycles. The van der Waals surface area contributed by atoms with Crippen LogP contribution in [0.4, 0.5) is 17.8 Å². The van der Waals surface area contributed by atoms with E-state index in [9.17, 15) is 50.5 Å². The summed E-state index contributed by atoms with van der Waals surface area (Å²) >= 11 is 0. The third-order valence-electron chi connectivity index (χ3n) is 2.90. The van der Waals surface area contributed by atoms with Gasteiger partial charge in [0.15, 0.2) is 0 Å². The van der Waals surface area contributed by atoms with Crippen molar-refractivity contribution < 1.29 is 50.5 Å². The molecule has 0 aliphatic heterocycles. The third kappa shape index (κ3) is 7.05. The summed E-state index contributed by atoms with van der Waals surface area (Å²) in [6.07, 6.45) is 2.04. The van der Waals surface area contributed by atoms with Gasteiger partial charge in [0, 0.05) is 0 Å². The summed E-state index contributed by atoms with van der Waals surface area (Å²) in [7, 11) is -29.1. The fourth-order valence-corrected chi connectivity index (χ4v) is 10.4. The maximum Gasteiger partial charge on any atom is 0.260 e. The molecule has 1 aromatic heterocycles. The second kappa shape index (κ2) is 8.40. The van der Waals surface area contributed by atoms with Crippen molar-refractivity contribution in [1.29, 1.82) is 0 Å². The Hall–Kier alpha value is -1.89. The summed E-state index contributed by atoms with van der Waals surface area (Å²) in [4.78, 5) is 9.73. The highest BCUT2D eigenvalue weighted by molar-refractivity contribution is 8.10. The van der Waals surface area contributed by atoms with Crippen molar-refractivity contribution in [3.05, 3.63) is 0 Å². The Morgan fingerprint density at radius 3 is 0.576 bits per heavy atom. The lowest BCUT2D eigenvalue weighted by molar-refractivity contribution is 0.587. The van der Waals surface area contributed by atoms with Gasteiger partial charge in [-0.3, -0.25) is 0 Å². The summed E-state index contributed by atoms with van der Waals surface area (Å²) in [5.74, 6) is -4.56. The van der Waals surface area contributed by atoms with Gasteiger partial charge in [0.05, 0.1) is 37.5 Å². The third-order valence-corrected chi connectivity index (χ3v) is 12.4. The lowest BCUT2D eigenvalue weighted by atomic mass is 10.8. The predicted molar refractivity (Wildman–Crippen MR) is 116 cm³/mol. The topological polar surface area (TPSA) is 253 Å². The second-order valence-electron chi connectivity index (χ2n) is 6.40. The Morgan fingerprint density at radius 2 is 0.485 bits per heavy atom. The molecule has 0 spiro atoms. The molecule has 0 atom stereocenters. The highest BCUT2D eigenvalue weighted by atomic mass is 32.3. The van der Waals surface area contributed by atoms with E-state index >= 15 is 0 Å². The first-order valence-electron chi connectivity index (χ1n) is 7.56. The summed E-state index contributed by atoms with van der Waals surface area (Å²) < 4.78 is 143. The monoisotopic (exact) mass is 594 g/mol. The van der Waals surface area contributed by atoms with Gasteiger partial charge in [0.2, 0.25) is 60.1 Å². The SMILES string of the molecule is CS(=O)(=O)N(c1nc(N(S(C)(=O)=O)S(C)(=O)=O)nc(N(S(C)(=O)=O)S(C)(=O)=O)n1)S(C)(=O)=O. The molecule has 0 aliphatic rings. The van der Waals surface area contributed by atoms with E-state index in [1.165, 1.54) is 0 Å². The average Bonchev–Trinajstić information content (AvgIpc) is 2.35. The number of hydrogen-bond acceptors (Lipinski definition) is 15. The van der Waals surface area contributed by atoms with Crippen molar-refractivity contribution in [1.82, 2.24) is 15.0 Å². The van der Waals surface area contributed by atoms with Crippen molar-refractivity contribution in [2.75, 3.05) is 48.7 Å². The predicted octanol–water partition coefficient (Wildman–Crippen LogP) is -3.95. The molecule has 1 rings (SSSR count). The van der Waals surface area contributed by atoms with Crippen LogP contribution in [-0.2, 0) is 60.1 Å². The Morgan fingerprint density at radius 1 is 0.364 bits per heavy atom. The fraction of sp³-hybridized carbons (Fsp3) is 0.667. The van der Waals surface area contributed by atoms with Crippen LogP contribution in [-0.4, -0.2) is 103 Å². The van der Waals surface area contributed by atoms with Gasteiger partial charge in [-0.25, -0.2) is 50.5 Å². The van der Waals surface area contributed by atoms with Gasteiger partial charge in [0.25, 0.3) is 17.8 Å². The van der Waals surface area contributed by atoms with Crippen LogP contribution in [0.5, 0.6) is 0 Å². The van der Waals surface area contributed by atoms with E-state index in [2.05, 4.69) is 15.0 Å². The molecule has 0 saturated heterocycles. The van der Waals surface area contributed by atoms with Crippen LogP contribution in [0.25, 0.3) is 0 Å². The number of aromatic nitrogens is 3. The molecular weight excluding hydrogens is 577 g/mol. The Labute approximate surface area is 191 Å². The zero-order chi connectivity index (χ0) is 26.6. The van der Waals surface area contributed by atoms with Crippen LogP contribution in [0.2, 0.25) is 0 Å². The summed E-state index contributed by atoms with van der Waals surface area (Å²) in [5.41, 5.74) is 0. The zero-order valence-corrected chi connectivity index (χ0v) is 22.4. The van der Waals surface area contributed by atoms with Crippen LogP contribution in [0.3, 0.4) is 0 Å². The van der Waals surface area contributed by atoms with Gasteiger partial charge in [-0.2, -0.15) is 15.0 Å². The summed E-state index contributed by atoms with van der Waals surface area (Å²) in [5, 5.41) is 0. The lowest BCUT2D eigenvalue weighted by Gasteiger charge is -2.24. The van der Waals surface area contributed by atoms with Gasteiger partial charge in [-0.05, 0) is 0 Å². The zero-order valence-electron chi connectivity index (χ0n) is 17.5. The molecule has 0 unspecified atom stereocenters. The van der Waals surface area contributed by atoms with E-state index in [0.717, 1.165) is 0 Å².